The van der Waals surface area contributed by atoms with Crippen LogP contribution in [0.25, 0.3) is 86.5 Å². The fourth-order valence-electron chi connectivity index (χ4n) is 7.98. The first kappa shape index (κ1) is 31.5. The molecule has 0 fully saturated rings. The van der Waals surface area contributed by atoms with Gasteiger partial charge in [0.25, 0.3) is 0 Å². The molecular formula is C51H32N2OS. The molecule has 11 rings (SSSR count). The number of hydrogen-bond donors (Lipinski definition) is 0. The van der Waals surface area contributed by atoms with E-state index in [1.807, 2.05) is 6.07 Å². The summed E-state index contributed by atoms with van der Waals surface area (Å²) in [5, 5.41) is 8.23. The highest BCUT2D eigenvalue weighted by Gasteiger charge is 2.18. The number of aromatic nitrogens is 1. The van der Waals surface area contributed by atoms with E-state index in [1.165, 1.54) is 32.7 Å². The van der Waals surface area contributed by atoms with Gasteiger partial charge < -0.3 is 9.32 Å². The summed E-state index contributed by atoms with van der Waals surface area (Å²) < 4.78 is 7.54. The Bertz CT molecular complexity index is 3200. The highest BCUT2D eigenvalue weighted by Crippen LogP contribution is 2.43. The van der Waals surface area contributed by atoms with Crippen molar-refractivity contribution in [2.45, 2.75) is 0 Å². The first-order chi connectivity index (χ1) is 27.2. The van der Waals surface area contributed by atoms with Gasteiger partial charge in [-0.3, -0.25) is 0 Å². The molecule has 0 aliphatic carbocycles. The summed E-state index contributed by atoms with van der Waals surface area (Å²) in [6.07, 6.45) is 0. The highest BCUT2D eigenvalue weighted by molar-refractivity contribution is 7.22. The molecule has 2 aromatic heterocycles. The lowest BCUT2D eigenvalue weighted by atomic mass is 10.00. The Morgan fingerprint density at radius 2 is 1.04 bits per heavy atom. The average Bonchev–Trinajstić information content (AvgIpc) is 3.86. The Labute approximate surface area is 322 Å². The van der Waals surface area contributed by atoms with Crippen molar-refractivity contribution in [2.75, 3.05) is 4.90 Å². The third kappa shape index (κ3) is 5.46. The van der Waals surface area contributed by atoms with Crippen molar-refractivity contribution < 1.29 is 4.42 Å². The molecule has 0 radical (unpaired) electrons. The van der Waals surface area contributed by atoms with Crippen LogP contribution >= 0.6 is 11.3 Å². The van der Waals surface area contributed by atoms with Crippen molar-refractivity contribution in [3.63, 3.8) is 0 Å². The van der Waals surface area contributed by atoms with Crippen LogP contribution < -0.4 is 4.90 Å². The standard InChI is InChI=1S/C51H32N2OS/c1-3-10-33(11-4-1)37-15-9-16-41(30-37)53(42-25-26-44-39(31-42)19-18-35-12-7-8-17-43(35)44)40-23-20-34(21-24-40)38-22-28-47-45(32-38)49-48(54-47)29-27-46-50(49)55-51(52-46)36-13-5-2-6-14-36/h1-32H. The van der Waals surface area contributed by atoms with Gasteiger partial charge in [0.2, 0.25) is 0 Å². The maximum Gasteiger partial charge on any atom is 0.137 e. The molecule has 3 nitrogen and oxygen atoms in total. The molecule has 0 N–H and O–H groups in total. The van der Waals surface area contributed by atoms with E-state index in [9.17, 15) is 0 Å². The zero-order chi connectivity index (χ0) is 36.3. The smallest absolute Gasteiger partial charge is 0.137 e. The van der Waals surface area contributed by atoms with E-state index in [-0.39, 0.29) is 0 Å². The van der Waals surface area contributed by atoms with E-state index in [2.05, 4.69) is 193 Å². The van der Waals surface area contributed by atoms with Crippen LogP contribution in [0.15, 0.2) is 199 Å². The van der Waals surface area contributed by atoms with Crippen LogP contribution in [0.3, 0.4) is 0 Å². The van der Waals surface area contributed by atoms with E-state index >= 15 is 0 Å². The summed E-state index contributed by atoms with van der Waals surface area (Å²) in [6.45, 7) is 0. The number of furan rings is 1. The molecule has 2 heterocycles. The molecule has 0 saturated carbocycles. The second-order valence-corrected chi connectivity index (χ2v) is 15.0. The van der Waals surface area contributed by atoms with E-state index in [4.69, 9.17) is 9.40 Å². The van der Waals surface area contributed by atoms with E-state index < -0.39 is 0 Å². The van der Waals surface area contributed by atoms with Gasteiger partial charge >= 0.3 is 0 Å². The number of anilines is 3. The van der Waals surface area contributed by atoms with Crippen molar-refractivity contribution in [2.24, 2.45) is 0 Å². The molecule has 0 amide bonds. The molecule has 258 valence electrons. The number of benzene rings is 9. The quantitative estimate of drug-likeness (QED) is 0.160. The van der Waals surface area contributed by atoms with Gasteiger partial charge in [0.05, 0.1) is 10.2 Å². The average molecular weight is 721 g/mol. The predicted molar refractivity (Wildman–Crippen MR) is 233 cm³/mol. The lowest BCUT2D eigenvalue weighted by Crippen LogP contribution is -2.10. The van der Waals surface area contributed by atoms with E-state index in [1.54, 1.807) is 11.3 Å². The summed E-state index contributed by atoms with van der Waals surface area (Å²) >= 11 is 1.73. The maximum absolute atomic E-state index is 6.38. The summed E-state index contributed by atoms with van der Waals surface area (Å²) in [4.78, 5) is 7.36. The van der Waals surface area contributed by atoms with E-state index in [0.29, 0.717) is 0 Å². The maximum atomic E-state index is 6.38. The van der Waals surface area contributed by atoms with Crippen LogP contribution in [0.2, 0.25) is 0 Å². The Hall–Kier alpha value is -7.01. The van der Waals surface area contributed by atoms with Gasteiger partial charge in [-0.05, 0) is 104 Å². The van der Waals surface area contributed by atoms with Gasteiger partial charge in [-0.2, -0.15) is 0 Å². The molecule has 0 saturated heterocycles. The fraction of sp³-hybridized carbons (Fsp3) is 0. The zero-order valence-electron chi connectivity index (χ0n) is 29.7. The predicted octanol–water partition coefficient (Wildman–Crippen LogP) is 15.0. The second-order valence-electron chi connectivity index (χ2n) is 14.0. The zero-order valence-corrected chi connectivity index (χ0v) is 30.5. The van der Waals surface area contributed by atoms with Gasteiger partial charge in [-0.25, -0.2) is 4.98 Å². The monoisotopic (exact) mass is 720 g/mol. The highest BCUT2D eigenvalue weighted by atomic mass is 32.1. The van der Waals surface area contributed by atoms with Crippen molar-refractivity contribution in [1.82, 2.24) is 4.98 Å². The first-order valence-electron chi connectivity index (χ1n) is 18.5. The van der Waals surface area contributed by atoms with Gasteiger partial charge in [0.15, 0.2) is 0 Å². The van der Waals surface area contributed by atoms with E-state index in [0.717, 1.165) is 70.9 Å². The van der Waals surface area contributed by atoms with Crippen LogP contribution in [0.1, 0.15) is 0 Å². The normalized spacial score (nSPS) is 11.6. The number of rotatable bonds is 6. The summed E-state index contributed by atoms with van der Waals surface area (Å²) in [5.74, 6) is 0. The lowest BCUT2D eigenvalue weighted by molar-refractivity contribution is 0.669. The fourth-order valence-corrected chi connectivity index (χ4v) is 9.10. The Morgan fingerprint density at radius 1 is 0.400 bits per heavy atom. The molecular weight excluding hydrogens is 689 g/mol. The molecule has 55 heavy (non-hydrogen) atoms. The third-order valence-corrected chi connectivity index (χ3v) is 11.8. The molecule has 9 aromatic carbocycles. The molecule has 0 atom stereocenters. The van der Waals surface area contributed by atoms with Crippen LogP contribution in [0.5, 0.6) is 0 Å². The largest absolute Gasteiger partial charge is 0.456 e. The summed E-state index contributed by atoms with van der Waals surface area (Å²) in [6, 6.07) is 69.3. The van der Waals surface area contributed by atoms with Crippen molar-refractivity contribution in [3.05, 3.63) is 194 Å². The Balaban J connectivity index is 1.02. The van der Waals surface area contributed by atoms with Crippen LogP contribution in [-0.4, -0.2) is 4.98 Å². The van der Waals surface area contributed by atoms with Crippen molar-refractivity contribution in [1.29, 1.82) is 0 Å². The second kappa shape index (κ2) is 12.8. The first-order valence-corrected chi connectivity index (χ1v) is 19.3. The van der Waals surface area contributed by atoms with Crippen LogP contribution in [0, 0.1) is 0 Å². The molecule has 0 unspecified atom stereocenters. The van der Waals surface area contributed by atoms with Gasteiger partial charge in [0.1, 0.15) is 16.2 Å². The van der Waals surface area contributed by atoms with Gasteiger partial charge in [-0.1, -0.05) is 133 Å². The SMILES string of the molecule is c1ccc(-c2cccc(N(c3ccc(-c4ccc5oc6ccc7nc(-c8ccccc8)sc7c6c5c4)cc3)c3ccc4c(ccc5ccccc54)c3)c2)cc1. The van der Waals surface area contributed by atoms with Crippen molar-refractivity contribution >= 4 is 82.1 Å². The number of hydrogen-bond acceptors (Lipinski definition) is 4. The Morgan fingerprint density at radius 3 is 1.89 bits per heavy atom. The minimum atomic E-state index is 0.881. The minimum absolute atomic E-state index is 0.881. The molecule has 11 aromatic rings. The molecule has 4 heteroatoms. The number of fused-ring (bicyclic) bond motifs is 8. The molecule has 0 spiro atoms. The van der Waals surface area contributed by atoms with Gasteiger partial charge in [-0.15, -0.1) is 11.3 Å². The molecule has 0 aliphatic heterocycles. The van der Waals surface area contributed by atoms with Crippen molar-refractivity contribution in [3.8, 4) is 32.8 Å². The Kier molecular flexibility index (Phi) is 7.35. The minimum Gasteiger partial charge on any atom is -0.456 e. The molecule has 0 aliphatic rings. The molecule has 0 bridgehead atoms. The summed E-state index contributed by atoms with van der Waals surface area (Å²) in [5.41, 5.74) is 11.8. The van der Waals surface area contributed by atoms with Crippen LogP contribution in [-0.2, 0) is 0 Å². The van der Waals surface area contributed by atoms with Gasteiger partial charge in [0, 0.05) is 33.4 Å². The van der Waals surface area contributed by atoms with Crippen LogP contribution in [0.4, 0.5) is 17.1 Å². The number of nitrogens with zero attached hydrogens (tertiary/aromatic N) is 2. The summed E-state index contributed by atoms with van der Waals surface area (Å²) in [7, 11) is 0. The lowest BCUT2D eigenvalue weighted by Gasteiger charge is -2.27. The number of thiazole rings is 1. The third-order valence-electron chi connectivity index (χ3n) is 10.7. The topological polar surface area (TPSA) is 29.3 Å².